The van der Waals surface area contributed by atoms with Crippen molar-refractivity contribution in [2.75, 3.05) is 13.7 Å². The summed E-state index contributed by atoms with van der Waals surface area (Å²) in [4.78, 5) is 65.1. The Morgan fingerprint density at radius 2 is 1.44 bits per heavy atom. The topological polar surface area (TPSA) is 366 Å². The summed E-state index contributed by atoms with van der Waals surface area (Å²) < 4.78 is 28.0. The third-order valence-electron chi connectivity index (χ3n) is 11.3. The number of nitrogens with one attached hydrogen (secondary N) is 1. The molecule has 0 saturated carbocycles. The number of aromatic hydroxyl groups is 3. The lowest BCUT2D eigenvalue weighted by Gasteiger charge is -2.45. The lowest BCUT2D eigenvalue weighted by atomic mass is 9.74. The van der Waals surface area contributed by atoms with Gasteiger partial charge in [-0.15, -0.1) is 0 Å². The van der Waals surface area contributed by atoms with Crippen molar-refractivity contribution in [1.82, 2.24) is 5.32 Å². The van der Waals surface area contributed by atoms with Crippen LogP contribution in [0.4, 0.5) is 0 Å². The Morgan fingerprint density at radius 1 is 0.790 bits per heavy atom. The number of aliphatic carboxylic acids is 2. The van der Waals surface area contributed by atoms with Crippen molar-refractivity contribution in [2.45, 2.75) is 93.8 Å². The molecule has 2 aliphatic heterocycles. The normalized spacial score (nSPS) is 29.4. The van der Waals surface area contributed by atoms with Crippen molar-refractivity contribution in [1.29, 1.82) is 0 Å². The molecule has 2 saturated heterocycles. The van der Waals surface area contributed by atoms with Gasteiger partial charge >= 0.3 is 11.9 Å². The highest BCUT2D eigenvalue weighted by Crippen LogP contribution is 2.57. The van der Waals surface area contributed by atoms with E-state index in [2.05, 4.69) is 0 Å². The Balaban J connectivity index is 1.37. The predicted molar refractivity (Wildman–Crippen MR) is 200 cm³/mol. The Kier molecular flexibility index (Phi) is 11.8. The number of benzene rings is 3. The van der Waals surface area contributed by atoms with Gasteiger partial charge in [0.15, 0.2) is 24.1 Å². The number of carbonyl (C=O) groups excluding carboxylic acids is 3. The van der Waals surface area contributed by atoms with E-state index in [-0.39, 0.29) is 22.4 Å². The second kappa shape index (κ2) is 16.5. The van der Waals surface area contributed by atoms with Crippen LogP contribution < -0.4 is 10.1 Å². The Bertz CT molecular complexity index is 2380. The van der Waals surface area contributed by atoms with Gasteiger partial charge in [0.1, 0.15) is 77.9 Å². The zero-order chi connectivity index (χ0) is 45.4. The Morgan fingerprint density at radius 3 is 2.08 bits per heavy atom. The molecule has 2 heterocycles. The molecular formula is C40H41NO21. The predicted octanol–water partition coefficient (Wildman–Crippen LogP) is -1.38. The molecule has 12 N–H and O–H groups in total. The summed E-state index contributed by atoms with van der Waals surface area (Å²) in [6.07, 6.45) is -20.1. The lowest BCUT2D eigenvalue weighted by molar-refractivity contribution is -0.353. The van der Waals surface area contributed by atoms with Crippen LogP contribution in [0.3, 0.4) is 0 Å². The van der Waals surface area contributed by atoms with Crippen molar-refractivity contribution in [2.24, 2.45) is 0 Å². The molecule has 0 spiro atoms. The lowest BCUT2D eigenvalue weighted by Crippen LogP contribution is -2.62. The van der Waals surface area contributed by atoms with Gasteiger partial charge in [-0.05, 0) is 42.7 Å². The summed E-state index contributed by atoms with van der Waals surface area (Å²) in [5.74, 6) is -9.33. The summed E-state index contributed by atoms with van der Waals surface area (Å²) in [7, 11) is 1.23. The number of hydrogen-bond donors (Lipinski definition) is 12. The first-order valence-corrected chi connectivity index (χ1v) is 18.9. The van der Waals surface area contributed by atoms with Crippen molar-refractivity contribution in [3.05, 3.63) is 68.8 Å². The van der Waals surface area contributed by atoms with Crippen LogP contribution in [0.1, 0.15) is 84.4 Å². The number of ketones is 2. The first-order chi connectivity index (χ1) is 29.2. The first-order valence-electron chi connectivity index (χ1n) is 18.9. The number of methoxy groups -OCH3 is 1. The molecule has 2 aliphatic carbocycles. The van der Waals surface area contributed by atoms with Gasteiger partial charge in [0.25, 0.3) is 5.91 Å². The molecule has 4 aliphatic rings. The zero-order valence-corrected chi connectivity index (χ0v) is 32.7. The molecule has 62 heavy (non-hydrogen) atoms. The van der Waals surface area contributed by atoms with Gasteiger partial charge in [0.2, 0.25) is 0 Å². The largest absolute Gasteiger partial charge is 0.507 e. The molecule has 3 aromatic rings. The van der Waals surface area contributed by atoms with E-state index in [0.717, 1.165) is 24.3 Å². The number of phenols is 3. The van der Waals surface area contributed by atoms with Crippen molar-refractivity contribution >= 4 is 29.4 Å². The van der Waals surface area contributed by atoms with E-state index in [1.807, 2.05) is 5.32 Å². The third kappa shape index (κ3) is 7.28. The first kappa shape index (κ1) is 44.3. The molecule has 2 fully saturated rings. The summed E-state index contributed by atoms with van der Waals surface area (Å²) in [6.45, 7) is 2.11. The fourth-order valence-corrected chi connectivity index (χ4v) is 8.15. The number of amides is 1. The standard InChI is InChI=1S/C40H41NO21/c1-10-4-16-24(31(51)21(10)37(55)41-17(38(56)57)8-20(44)45)23-14(7-15-25(32(23)52)28(48)13-5-12(58-3)6-18(42)22(13)27(15)47)29(49)35(16)61-40-34(54)36(26(46)11(2)60-40)62-39-33(53)30(50)19(43)9-59-39/h4-7,11,17,19,26,29-30,33-36,39-40,42-43,46,49-54H,8-9H2,1-3H3,(H,41,55)(H,44,45)(H,56,57)/t11-,17-,19-,26+,29+,30+,33-,34-,35+,36+,39+,40+/m1/s1. The fourth-order valence-electron chi connectivity index (χ4n) is 8.15. The van der Waals surface area contributed by atoms with Crippen LogP contribution >= 0.6 is 0 Å². The van der Waals surface area contributed by atoms with Crippen LogP contribution in [-0.2, 0) is 28.5 Å². The monoisotopic (exact) mass is 871 g/mol. The van der Waals surface area contributed by atoms with Crippen LogP contribution in [0.25, 0.3) is 11.1 Å². The highest BCUT2D eigenvalue weighted by atomic mass is 16.7. The second-order valence-electron chi connectivity index (χ2n) is 15.2. The van der Waals surface area contributed by atoms with E-state index in [1.54, 1.807) is 0 Å². The van der Waals surface area contributed by atoms with E-state index in [0.29, 0.717) is 0 Å². The summed E-state index contributed by atoms with van der Waals surface area (Å²) >= 11 is 0. The van der Waals surface area contributed by atoms with Gasteiger partial charge in [0.05, 0.1) is 42.9 Å². The average Bonchev–Trinajstić information content (AvgIpc) is 3.20. The van der Waals surface area contributed by atoms with E-state index in [9.17, 15) is 80.1 Å². The molecule has 332 valence electrons. The number of hydrogen-bond acceptors (Lipinski definition) is 19. The molecule has 0 radical (unpaired) electrons. The summed E-state index contributed by atoms with van der Waals surface area (Å²) in [5, 5.41) is 121. The SMILES string of the molecule is COc1cc(O)c2c(c1)C(=O)c1c(cc3c(c1O)-c1c(cc(C)c(C(=O)N[C@H](CC(=O)O)C(=O)O)c1O)[C@H](O[C@@H]1O[C@H](C)[C@H](O)[C@H](O[C@@H]4OC[C@@H](O)[C@H](O)[C@H]4O)[C@H]1O)[C@H]3O)C2=O. The highest BCUT2D eigenvalue weighted by molar-refractivity contribution is 6.31. The fraction of sp³-hybridized carbons (Fsp3) is 0.425. The third-order valence-corrected chi connectivity index (χ3v) is 11.3. The number of rotatable bonds is 10. The van der Waals surface area contributed by atoms with Gasteiger partial charge in [-0.2, -0.15) is 0 Å². The molecule has 3 aromatic carbocycles. The Hall–Kier alpha value is -5.79. The van der Waals surface area contributed by atoms with E-state index < -0.39 is 172 Å². The summed E-state index contributed by atoms with van der Waals surface area (Å²) in [6, 6.07) is 2.35. The van der Waals surface area contributed by atoms with E-state index in [1.165, 1.54) is 21.0 Å². The minimum atomic E-state index is -2.01. The molecule has 22 heteroatoms. The zero-order valence-electron chi connectivity index (χ0n) is 32.7. The van der Waals surface area contributed by atoms with Crippen LogP contribution in [0.2, 0.25) is 0 Å². The molecular weight excluding hydrogens is 830 g/mol. The molecule has 0 aromatic heterocycles. The molecule has 12 atom stereocenters. The van der Waals surface area contributed by atoms with Crippen molar-refractivity contribution < 1.29 is 104 Å². The van der Waals surface area contributed by atoms with Crippen LogP contribution in [0.5, 0.6) is 23.0 Å². The number of phenolic OH excluding ortho intramolecular Hbond substituents is 3. The molecule has 0 unspecified atom stereocenters. The minimum absolute atomic E-state index is 0.0316. The minimum Gasteiger partial charge on any atom is -0.507 e. The van der Waals surface area contributed by atoms with Gasteiger partial charge in [-0.1, -0.05) is 6.07 Å². The molecule has 1 amide bonds. The number of aryl methyl sites for hydroxylation is 1. The van der Waals surface area contributed by atoms with E-state index in [4.69, 9.17) is 23.7 Å². The smallest absolute Gasteiger partial charge is 0.326 e. The van der Waals surface area contributed by atoms with Crippen molar-refractivity contribution in [3.63, 3.8) is 0 Å². The number of carbonyl (C=O) groups is 5. The number of carboxylic acid groups (broad SMARTS) is 2. The molecule has 22 nitrogen and oxygen atoms in total. The number of aliphatic hydroxyl groups excluding tert-OH is 6. The van der Waals surface area contributed by atoms with Crippen molar-refractivity contribution in [3.8, 4) is 34.1 Å². The van der Waals surface area contributed by atoms with Gasteiger partial charge in [-0.25, -0.2) is 4.79 Å². The molecule has 7 rings (SSSR count). The van der Waals surface area contributed by atoms with Crippen LogP contribution in [0.15, 0.2) is 24.3 Å². The maximum Gasteiger partial charge on any atom is 0.326 e. The average molecular weight is 872 g/mol. The molecule has 0 bridgehead atoms. The maximum absolute atomic E-state index is 14.1. The van der Waals surface area contributed by atoms with Crippen LogP contribution in [0, 0.1) is 6.92 Å². The van der Waals surface area contributed by atoms with E-state index >= 15 is 0 Å². The number of aliphatic hydroxyl groups is 6. The van der Waals surface area contributed by atoms with Crippen LogP contribution in [-0.4, -0.2) is 161 Å². The second-order valence-corrected chi connectivity index (χ2v) is 15.2. The van der Waals surface area contributed by atoms with Gasteiger partial charge in [-0.3, -0.25) is 19.2 Å². The number of fused-ring (bicyclic) bond motifs is 5. The quantitative estimate of drug-likeness (QED) is 0.0873. The number of ether oxygens (including phenoxy) is 5. The number of carboxylic acids is 2. The van der Waals surface area contributed by atoms with Gasteiger partial charge in [0, 0.05) is 28.3 Å². The summed E-state index contributed by atoms with van der Waals surface area (Å²) in [5.41, 5.74) is -4.54. The van der Waals surface area contributed by atoms with Gasteiger partial charge < -0.3 is 85.2 Å². The Labute approximate surface area is 348 Å². The maximum atomic E-state index is 14.1. The highest BCUT2D eigenvalue weighted by Gasteiger charge is 2.51.